The van der Waals surface area contributed by atoms with Gasteiger partial charge in [0.15, 0.2) is 17.5 Å². The van der Waals surface area contributed by atoms with Crippen LogP contribution in [0.1, 0.15) is 27.8 Å². The van der Waals surface area contributed by atoms with Crippen LogP contribution in [-0.4, -0.2) is 48.2 Å². The van der Waals surface area contributed by atoms with Crippen molar-refractivity contribution in [3.05, 3.63) is 240 Å². The number of rotatable bonds is 7. The van der Waals surface area contributed by atoms with Crippen molar-refractivity contribution in [3.63, 3.8) is 0 Å². The minimum Gasteiger partial charge on any atom is -0.307 e. The first-order valence-corrected chi connectivity index (χ1v) is 27.3. The fourth-order valence-electron chi connectivity index (χ4n) is 12.6. The molecule has 15 heteroatoms. The van der Waals surface area contributed by atoms with Crippen LogP contribution in [0, 0.1) is 56.7 Å². The van der Waals surface area contributed by atoms with Gasteiger partial charge in [-0.15, -0.1) is 0 Å². The third-order valence-electron chi connectivity index (χ3n) is 16.1. The van der Waals surface area contributed by atoms with E-state index in [-0.39, 0.29) is 16.7 Å². The highest BCUT2D eigenvalue weighted by Gasteiger charge is 2.28. The maximum Gasteiger partial charge on any atom is 0.238 e. The SMILES string of the molecule is N#Cc1cc(C#N)c(-n2c3ccccc3c3c2ccc2c4ccccc4n(-c4ncnc(-c5ccc6c(c5)c5ccc7c(c8ccccc8n7-c7c(C#N)cccc7C#N)c5n6-c5nc(-c6ccccc6)nc(-c6ccccc6)n5)n4)c23)c(C#N)c1. The van der Waals surface area contributed by atoms with E-state index in [1.807, 2.05) is 155 Å². The Labute approximate surface area is 487 Å². The van der Waals surface area contributed by atoms with Gasteiger partial charge in [-0.1, -0.05) is 133 Å². The van der Waals surface area contributed by atoms with Crippen molar-refractivity contribution in [3.8, 4) is 87.8 Å². The predicted molar refractivity (Wildman–Crippen MR) is 330 cm³/mol. The molecule has 0 amide bonds. The van der Waals surface area contributed by atoms with Gasteiger partial charge in [0.05, 0.1) is 89.4 Å². The fraction of sp³-hybridized carbons (Fsp3) is 0. The molecule has 15 nitrogen and oxygen atoms in total. The second-order valence-electron chi connectivity index (χ2n) is 20.6. The predicted octanol–water partition coefficient (Wildman–Crippen LogP) is 14.8. The maximum absolute atomic E-state index is 10.6. The third kappa shape index (κ3) is 7.09. The van der Waals surface area contributed by atoms with Crippen LogP contribution in [0.4, 0.5) is 0 Å². The molecule has 0 saturated heterocycles. The number of fused-ring (bicyclic) bond motifs is 14. The molecule has 16 rings (SSSR count). The van der Waals surface area contributed by atoms with Crippen LogP contribution in [0.3, 0.4) is 0 Å². The van der Waals surface area contributed by atoms with Crippen molar-refractivity contribution in [2.75, 3.05) is 0 Å². The van der Waals surface area contributed by atoms with Crippen molar-refractivity contribution in [2.45, 2.75) is 0 Å². The van der Waals surface area contributed by atoms with Crippen molar-refractivity contribution < 1.29 is 0 Å². The summed E-state index contributed by atoms with van der Waals surface area (Å²) in [6.45, 7) is 0. The number of nitrogens with zero attached hydrogens (tertiary/aromatic N) is 15. The van der Waals surface area contributed by atoms with E-state index in [9.17, 15) is 26.3 Å². The molecule has 394 valence electrons. The van der Waals surface area contributed by atoms with Gasteiger partial charge in [0.25, 0.3) is 0 Å². The van der Waals surface area contributed by atoms with Crippen LogP contribution < -0.4 is 0 Å². The molecule has 0 radical (unpaired) electrons. The molecular weight excluding hydrogens is 1060 g/mol. The maximum atomic E-state index is 10.6. The summed E-state index contributed by atoms with van der Waals surface area (Å²) in [5, 5.41) is 59.2. The number of aromatic nitrogens is 10. The molecule has 86 heavy (non-hydrogen) atoms. The lowest BCUT2D eigenvalue weighted by Crippen LogP contribution is -2.06. The molecule has 0 N–H and O–H groups in total. The number of nitriles is 5. The van der Waals surface area contributed by atoms with Crippen LogP contribution in [-0.2, 0) is 0 Å². The Bertz CT molecular complexity index is 5730. The Morgan fingerprint density at radius 2 is 0.744 bits per heavy atom. The van der Waals surface area contributed by atoms with Gasteiger partial charge in [0, 0.05) is 59.8 Å². The number of hydrogen-bond acceptors (Lipinski definition) is 11. The molecule has 0 unspecified atom stereocenters. The molecule has 0 atom stereocenters. The van der Waals surface area contributed by atoms with E-state index in [0.29, 0.717) is 57.4 Å². The minimum absolute atomic E-state index is 0.194. The Morgan fingerprint density at radius 1 is 0.291 bits per heavy atom. The van der Waals surface area contributed by atoms with Gasteiger partial charge in [-0.2, -0.15) is 41.3 Å². The van der Waals surface area contributed by atoms with E-state index >= 15 is 0 Å². The summed E-state index contributed by atoms with van der Waals surface area (Å²) in [4.78, 5) is 30.8. The van der Waals surface area contributed by atoms with E-state index < -0.39 is 0 Å². The molecule has 0 aliphatic rings. The lowest BCUT2D eigenvalue weighted by molar-refractivity contribution is 0.948. The van der Waals surface area contributed by atoms with Crippen LogP contribution in [0.5, 0.6) is 0 Å². The average molecular weight is 1100 g/mol. The molecule has 10 aromatic carbocycles. The highest BCUT2D eigenvalue weighted by atomic mass is 15.2. The van der Waals surface area contributed by atoms with Crippen LogP contribution in [0.25, 0.3) is 145 Å². The number of para-hydroxylation sites is 4. The number of benzene rings is 10. The lowest BCUT2D eigenvalue weighted by Gasteiger charge is -2.13. The molecule has 0 saturated carbocycles. The van der Waals surface area contributed by atoms with E-state index in [1.165, 1.54) is 18.5 Å². The molecule has 0 bridgehead atoms. The van der Waals surface area contributed by atoms with Gasteiger partial charge in [-0.3, -0.25) is 9.13 Å². The zero-order valence-electron chi connectivity index (χ0n) is 44.9. The van der Waals surface area contributed by atoms with E-state index in [1.54, 1.807) is 18.2 Å². The Hall–Kier alpha value is -13.1. The molecule has 6 heterocycles. The van der Waals surface area contributed by atoms with Crippen molar-refractivity contribution in [2.24, 2.45) is 0 Å². The van der Waals surface area contributed by atoms with Crippen LogP contribution >= 0.6 is 0 Å². The Morgan fingerprint density at radius 3 is 1.29 bits per heavy atom. The van der Waals surface area contributed by atoms with Crippen LogP contribution in [0.15, 0.2) is 213 Å². The second kappa shape index (κ2) is 19.0. The summed E-state index contributed by atoms with van der Waals surface area (Å²) in [5.41, 5.74) is 10.8. The molecule has 0 aliphatic carbocycles. The molecular formula is C71H35N15. The van der Waals surface area contributed by atoms with E-state index in [0.717, 1.165) is 98.4 Å². The molecule has 6 aromatic heterocycles. The minimum atomic E-state index is 0.194. The van der Waals surface area contributed by atoms with Gasteiger partial charge in [0.1, 0.15) is 30.6 Å². The van der Waals surface area contributed by atoms with Crippen molar-refractivity contribution in [1.82, 2.24) is 48.2 Å². The second-order valence-corrected chi connectivity index (χ2v) is 20.6. The Kier molecular flexibility index (Phi) is 10.8. The van der Waals surface area contributed by atoms with E-state index in [4.69, 9.17) is 29.9 Å². The van der Waals surface area contributed by atoms with E-state index in [2.05, 4.69) is 69.8 Å². The Balaban J connectivity index is 0.968. The molecule has 0 aliphatic heterocycles. The average Bonchev–Trinajstić information content (AvgIpc) is 1.89. The smallest absolute Gasteiger partial charge is 0.238 e. The topological polar surface area (TPSA) is 216 Å². The van der Waals surface area contributed by atoms with Gasteiger partial charge in [-0.05, 0) is 72.8 Å². The summed E-state index contributed by atoms with van der Waals surface area (Å²) in [6, 6.07) is 77.6. The zero-order chi connectivity index (χ0) is 57.7. The first-order valence-electron chi connectivity index (χ1n) is 27.3. The monoisotopic (exact) mass is 1100 g/mol. The molecule has 0 spiro atoms. The highest BCUT2D eigenvalue weighted by molar-refractivity contribution is 6.28. The van der Waals surface area contributed by atoms with Crippen LogP contribution in [0.2, 0.25) is 0 Å². The summed E-state index contributed by atoms with van der Waals surface area (Å²) in [5.74, 6) is 2.10. The zero-order valence-corrected chi connectivity index (χ0v) is 44.9. The van der Waals surface area contributed by atoms with Gasteiger partial charge in [-0.25, -0.2) is 15.0 Å². The number of hydrogen-bond donors (Lipinski definition) is 0. The highest BCUT2D eigenvalue weighted by Crippen LogP contribution is 2.46. The first kappa shape index (κ1) is 48.7. The summed E-state index contributed by atoms with van der Waals surface area (Å²) >= 11 is 0. The summed E-state index contributed by atoms with van der Waals surface area (Å²) in [7, 11) is 0. The largest absolute Gasteiger partial charge is 0.307 e. The molecule has 0 fully saturated rings. The fourth-order valence-corrected chi connectivity index (χ4v) is 12.6. The third-order valence-corrected chi connectivity index (χ3v) is 16.1. The van der Waals surface area contributed by atoms with Gasteiger partial charge >= 0.3 is 0 Å². The van der Waals surface area contributed by atoms with Crippen molar-refractivity contribution >= 4 is 87.2 Å². The quantitative estimate of drug-likeness (QED) is 0.146. The van der Waals surface area contributed by atoms with Crippen molar-refractivity contribution in [1.29, 1.82) is 26.3 Å². The first-order chi connectivity index (χ1) is 42.5. The van der Waals surface area contributed by atoms with Gasteiger partial charge < -0.3 is 9.13 Å². The molecule has 16 aromatic rings. The summed E-state index contributed by atoms with van der Waals surface area (Å²) < 4.78 is 8.10. The standard InChI is InChI=1S/C71H35N15/c72-35-41-32-47(38-75)64(48(33-41)39-76)84-57-25-12-9-22-53(57)61-60(84)30-27-50-49-20-7-10-23-55(49)85(65(50)61)70-78-40-77-67(80-70)44-26-29-58-54(34-44)51-28-31-59-62(52-21-8-11-24-56(52)83(59)63-45(36-73)18-13-19-46(63)37-74)66(51)86(58)71-81-68(42-14-3-1-4-15-42)79-69(82-71)43-16-5-2-6-17-43/h1-34,40H. The van der Waals surface area contributed by atoms with Gasteiger partial charge in [0.2, 0.25) is 11.9 Å². The normalized spacial score (nSPS) is 11.4. The summed E-state index contributed by atoms with van der Waals surface area (Å²) in [6.07, 6.45) is 1.53. The lowest BCUT2D eigenvalue weighted by atomic mass is 10.0.